The lowest BCUT2D eigenvalue weighted by molar-refractivity contribution is -0.163. The number of esters is 1. The van der Waals surface area contributed by atoms with Gasteiger partial charge in [0.05, 0.1) is 25.0 Å². The van der Waals surface area contributed by atoms with Gasteiger partial charge in [0.15, 0.2) is 11.9 Å². The quantitative estimate of drug-likeness (QED) is 0.186. The number of nitrogens with one attached hydrogen (secondary N) is 5. The number of Topliss-reactive ketones (excluding diaryl/α,β-unsaturated/α-hetero) is 1. The number of hydrogen-bond acceptors (Lipinski definition) is 11. The topological polar surface area (TPSA) is 250 Å². The van der Waals surface area contributed by atoms with Crippen LogP contribution in [0.4, 0.5) is 0 Å². The summed E-state index contributed by atoms with van der Waals surface area (Å²) in [5.74, 6) is -9.29. The summed E-state index contributed by atoms with van der Waals surface area (Å²) in [6.45, 7) is 18.2. The summed E-state index contributed by atoms with van der Waals surface area (Å²) in [5, 5.41) is 13.2. The molecule has 19 nitrogen and oxygen atoms in total. The largest absolute Gasteiger partial charge is 0.452 e. The molecule has 0 aliphatic carbocycles. The van der Waals surface area contributed by atoms with E-state index in [4.69, 9.17) is 4.74 Å². The number of cyclic esters (lactones) is 1. The van der Waals surface area contributed by atoms with Crippen molar-refractivity contribution in [1.82, 2.24) is 41.3 Å². The number of carbonyl (C=O) groups is 10. The SMILES string of the molecule is CC[C@@H](C)[C@@H]1OC(=O)[C@@H](C)[C@H](CC)NC(=O)[C@H](C)NC(=O)C(C)(C)C(=O)[C@@H](C)NC(=O)[C@H](Cc2ccccc2)N(C)C(=O)[C@@H](C(C)C)N(C)C(=O)CNC(=O)[C@@H]([C@@H](C)CC)N(C)C(=O)CNC1=O. The molecule has 1 saturated heterocycles. The molecule has 0 unspecified atom stereocenters. The molecule has 68 heavy (non-hydrogen) atoms. The van der Waals surface area contributed by atoms with E-state index in [-0.39, 0.29) is 12.8 Å². The smallest absolute Gasteiger partial charge is 0.311 e. The van der Waals surface area contributed by atoms with Crippen molar-refractivity contribution in [2.45, 2.75) is 151 Å². The van der Waals surface area contributed by atoms with Crippen molar-refractivity contribution in [3.63, 3.8) is 0 Å². The number of hydrogen-bond donors (Lipinski definition) is 5. The van der Waals surface area contributed by atoms with Gasteiger partial charge in [-0.25, -0.2) is 0 Å². The van der Waals surface area contributed by atoms with E-state index in [9.17, 15) is 47.9 Å². The Morgan fingerprint density at radius 2 is 1.18 bits per heavy atom. The van der Waals surface area contributed by atoms with E-state index in [2.05, 4.69) is 26.6 Å². The Hall–Kier alpha value is -5.88. The average molecular weight is 955 g/mol. The molecule has 380 valence electrons. The summed E-state index contributed by atoms with van der Waals surface area (Å²) in [5.41, 5.74) is -1.08. The Kier molecular flexibility index (Phi) is 22.3. The normalized spacial score (nSPS) is 27.6. The van der Waals surface area contributed by atoms with Gasteiger partial charge in [0.1, 0.15) is 29.6 Å². The van der Waals surface area contributed by atoms with Gasteiger partial charge in [-0.15, -0.1) is 0 Å². The van der Waals surface area contributed by atoms with Crippen LogP contribution in [0, 0.1) is 29.1 Å². The van der Waals surface area contributed by atoms with Crippen molar-refractivity contribution in [2.75, 3.05) is 34.2 Å². The van der Waals surface area contributed by atoms with Crippen LogP contribution in [0.25, 0.3) is 0 Å². The lowest BCUT2D eigenvalue weighted by Gasteiger charge is -2.37. The fourth-order valence-corrected chi connectivity index (χ4v) is 8.03. The molecule has 8 amide bonds. The number of ether oxygens (including phenoxy) is 1. The Labute approximate surface area is 402 Å². The third-order valence-electron chi connectivity index (χ3n) is 13.3. The molecule has 10 atom stereocenters. The molecule has 1 heterocycles. The second-order valence-electron chi connectivity index (χ2n) is 19.1. The van der Waals surface area contributed by atoms with Crippen LogP contribution in [-0.2, 0) is 59.1 Å². The Morgan fingerprint density at radius 3 is 1.69 bits per heavy atom. The molecule has 0 aromatic heterocycles. The number of amides is 8. The van der Waals surface area contributed by atoms with Crippen LogP contribution in [0.3, 0.4) is 0 Å². The minimum atomic E-state index is -1.78. The monoisotopic (exact) mass is 955 g/mol. The van der Waals surface area contributed by atoms with Crippen molar-refractivity contribution in [3.8, 4) is 0 Å². The molecule has 19 heteroatoms. The molecule has 1 fully saturated rings. The average Bonchev–Trinajstić information content (AvgIpc) is 3.30. The van der Waals surface area contributed by atoms with Gasteiger partial charge >= 0.3 is 5.97 Å². The van der Waals surface area contributed by atoms with Crippen LogP contribution in [0.5, 0.6) is 0 Å². The number of ketones is 1. The fraction of sp³-hybridized carbons (Fsp3) is 0.673. The van der Waals surface area contributed by atoms with Gasteiger partial charge in [-0.1, -0.05) is 85.2 Å². The fourth-order valence-electron chi connectivity index (χ4n) is 8.03. The van der Waals surface area contributed by atoms with E-state index in [0.717, 1.165) is 0 Å². The number of likely N-dealkylation sites (N-methyl/N-ethyl adjacent to an activating group) is 3. The van der Waals surface area contributed by atoms with E-state index < -0.39 is 144 Å². The summed E-state index contributed by atoms with van der Waals surface area (Å²) >= 11 is 0. The van der Waals surface area contributed by atoms with E-state index in [0.29, 0.717) is 18.4 Å². The lowest BCUT2D eigenvalue weighted by Crippen LogP contribution is -2.60. The Balaban J connectivity index is 2.66. The molecule has 1 aromatic carbocycles. The molecule has 0 saturated carbocycles. The van der Waals surface area contributed by atoms with Crippen molar-refractivity contribution in [2.24, 2.45) is 29.1 Å². The van der Waals surface area contributed by atoms with E-state index in [1.807, 2.05) is 6.92 Å². The van der Waals surface area contributed by atoms with Gasteiger partial charge in [0.2, 0.25) is 41.4 Å². The van der Waals surface area contributed by atoms with E-state index in [1.54, 1.807) is 71.9 Å². The second kappa shape index (κ2) is 26.0. The van der Waals surface area contributed by atoms with Crippen molar-refractivity contribution in [1.29, 1.82) is 0 Å². The van der Waals surface area contributed by atoms with Crippen molar-refractivity contribution >= 4 is 59.0 Å². The Bertz CT molecular complexity index is 1980. The van der Waals surface area contributed by atoms with Crippen LogP contribution in [0.1, 0.15) is 108 Å². The number of rotatable bonds is 8. The second-order valence-corrected chi connectivity index (χ2v) is 19.1. The van der Waals surface area contributed by atoms with E-state index in [1.165, 1.54) is 70.5 Å². The van der Waals surface area contributed by atoms with Crippen LogP contribution >= 0.6 is 0 Å². The van der Waals surface area contributed by atoms with Crippen molar-refractivity contribution < 1.29 is 52.7 Å². The standard InChI is InChI=1S/C49H78N8O11/c1-16-28(6)39-44(63)50-25-36(58)56(14)38(27(4)5)46(65)55(13)35(24-33-22-20-19-21-23-33)43(62)52-31(9)41(60)49(11,12)48(67)53-32(10)42(61)54-34(18-3)30(8)47(66)68-40(29(7)17-2)45(64)51-26-37(59)57(39)15/h19-23,27-32,34-35,38-40H,16-18,24-26H2,1-15H3,(H,50,63)(H,51,64)(H,52,62)(H,53,67)(H,54,61)/t28-,29+,30-,31+,32-,34-,35-,38+,39+,40-/m0/s1. The first-order chi connectivity index (χ1) is 31.7. The van der Waals surface area contributed by atoms with Gasteiger partial charge in [-0.3, -0.25) is 47.9 Å². The molecular weight excluding hydrogens is 877 g/mol. The summed E-state index contributed by atoms with van der Waals surface area (Å²) in [6.07, 6.45) is -0.161. The summed E-state index contributed by atoms with van der Waals surface area (Å²) in [6, 6.07) is 2.24. The number of nitrogens with zero attached hydrogens (tertiary/aromatic N) is 3. The maximum Gasteiger partial charge on any atom is 0.311 e. The molecular formula is C49H78N8O11. The molecule has 0 radical (unpaired) electrons. The van der Waals surface area contributed by atoms with Gasteiger partial charge in [-0.2, -0.15) is 0 Å². The van der Waals surface area contributed by atoms with E-state index >= 15 is 0 Å². The summed E-state index contributed by atoms with van der Waals surface area (Å²) in [4.78, 5) is 142. The van der Waals surface area contributed by atoms with Gasteiger partial charge in [-0.05, 0) is 64.9 Å². The first kappa shape index (κ1) is 58.2. The highest BCUT2D eigenvalue weighted by atomic mass is 16.5. The first-order valence-corrected chi connectivity index (χ1v) is 23.7. The van der Waals surface area contributed by atoms with Gasteiger partial charge in [0, 0.05) is 39.5 Å². The first-order valence-electron chi connectivity index (χ1n) is 23.7. The molecule has 1 aliphatic rings. The highest BCUT2D eigenvalue weighted by Gasteiger charge is 2.43. The van der Waals surface area contributed by atoms with Crippen molar-refractivity contribution in [3.05, 3.63) is 35.9 Å². The minimum absolute atomic E-state index is 0.0192. The third kappa shape index (κ3) is 15.1. The predicted molar refractivity (Wildman–Crippen MR) is 255 cm³/mol. The zero-order chi connectivity index (χ0) is 52.0. The van der Waals surface area contributed by atoms with Crippen LogP contribution < -0.4 is 26.6 Å². The molecule has 1 aromatic rings. The minimum Gasteiger partial charge on any atom is -0.452 e. The molecule has 2 rings (SSSR count). The third-order valence-corrected chi connectivity index (χ3v) is 13.3. The maximum absolute atomic E-state index is 14.5. The predicted octanol–water partition coefficient (Wildman–Crippen LogP) is 1.75. The highest BCUT2D eigenvalue weighted by molar-refractivity contribution is 6.09. The van der Waals surface area contributed by atoms with Crippen LogP contribution in [0.2, 0.25) is 0 Å². The van der Waals surface area contributed by atoms with Crippen LogP contribution in [0.15, 0.2) is 30.3 Å². The maximum atomic E-state index is 14.5. The number of carbonyl (C=O) groups excluding carboxylic acids is 10. The van der Waals surface area contributed by atoms with Gasteiger partial charge in [0.25, 0.3) is 5.91 Å². The summed E-state index contributed by atoms with van der Waals surface area (Å²) < 4.78 is 5.75. The Morgan fingerprint density at radius 1 is 0.647 bits per heavy atom. The molecule has 0 spiro atoms. The summed E-state index contributed by atoms with van der Waals surface area (Å²) in [7, 11) is 4.24. The molecule has 5 N–H and O–H groups in total. The van der Waals surface area contributed by atoms with Gasteiger partial charge < -0.3 is 46.0 Å². The highest BCUT2D eigenvalue weighted by Crippen LogP contribution is 2.23. The zero-order valence-electron chi connectivity index (χ0n) is 42.8. The molecule has 1 aliphatic heterocycles. The number of benzene rings is 1. The van der Waals surface area contributed by atoms with Crippen LogP contribution in [-0.4, -0.2) is 150 Å². The lowest BCUT2D eigenvalue weighted by atomic mass is 9.83. The zero-order valence-corrected chi connectivity index (χ0v) is 42.8. The molecule has 0 bridgehead atoms.